The van der Waals surface area contributed by atoms with Gasteiger partial charge in [-0.1, -0.05) is 0 Å². The number of amides is 2. The van der Waals surface area contributed by atoms with Crippen molar-refractivity contribution >= 4 is 55.2 Å². The van der Waals surface area contributed by atoms with Crippen LogP contribution in [0, 0.1) is 10.1 Å². The Kier molecular flexibility index (Phi) is 7.35. The van der Waals surface area contributed by atoms with Gasteiger partial charge < -0.3 is 15.0 Å². The monoisotopic (exact) mass is 492 g/mol. The molecule has 1 N–H and O–H groups in total. The van der Waals surface area contributed by atoms with Crippen LogP contribution in [0.3, 0.4) is 0 Å². The third-order valence-electron chi connectivity index (χ3n) is 3.77. The molecule has 9 nitrogen and oxygen atoms in total. The predicted molar refractivity (Wildman–Crippen MR) is 102 cm³/mol. The van der Waals surface area contributed by atoms with Crippen LogP contribution in [0.5, 0.6) is 0 Å². The number of nitrogens with zero attached hydrogens (tertiary/aromatic N) is 3. The molecule has 0 saturated carbocycles. The summed E-state index contributed by atoms with van der Waals surface area (Å²) in [5.74, 6) is -0.246. The largest absolute Gasteiger partial charge is 0.450 e. The lowest BCUT2D eigenvalue weighted by Crippen LogP contribution is -2.50. The lowest BCUT2D eigenvalue weighted by atomic mass is 10.2. The van der Waals surface area contributed by atoms with Crippen molar-refractivity contribution in [3.63, 3.8) is 0 Å². The molecule has 1 saturated heterocycles. The molecule has 26 heavy (non-hydrogen) atoms. The average Bonchev–Trinajstić information content (AvgIpc) is 2.58. The fraction of sp³-hybridized carbons (Fsp3) is 0.467. The highest BCUT2D eigenvalue weighted by Gasteiger charge is 2.24. The summed E-state index contributed by atoms with van der Waals surface area (Å²) < 4.78 is 5.79. The first-order valence-electron chi connectivity index (χ1n) is 7.89. The van der Waals surface area contributed by atoms with Gasteiger partial charge in [0.1, 0.15) is 0 Å². The Morgan fingerprint density at radius 3 is 2.31 bits per heavy atom. The second-order valence-electron chi connectivity index (χ2n) is 5.55. The van der Waals surface area contributed by atoms with Gasteiger partial charge in [-0.2, -0.15) is 0 Å². The fourth-order valence-corrected chi connectivity index (χ4v) is 3.83. The molecule has 1 heterocycles. The third kappa shape index (κ3) is 5.39. The Balaban J connectivity index is 1.90. The molecule has 11 heteroatoms. The van der Waals surface area contributed by atoms with Crippen molar-refractivity contribution in [2.45, 2.75) is 6.92 Å². The van der Waals surface area contributed by atoms with Crippen LogP contribution in [0.1, 0.15) is 6.92 Å². The van der Waals surface area contributed by atoms with Crippen LogP contribution in [-0.2, 0) is 9.53 Å². The van der Waals surface area contributed by atoms with E-state index in [2.05, 4.69) is 37.2 Å². The molecule has 0 spiro atoms. The molecule has 0 atom stereocenters. The summed E-state index contributed by atoms with van der Waals surface area (Å²) in [7, 11) is 0. The molecule has 2 amide bonds. The van der Waals surface area contributed by atoms with Gasteiger partial charge in [0.25, 0.3) is 5.69 Å². The maximum atomic E-state index is 12.3. The number of nitrogens with one attached hydrogen (secondary N) is 1. The lowest BCUT2D eigenvalue weighted by Gasteiger charge is -2.33. The molecule has 0 aliphatic carbocycles. The van der Waals surface area contributed by atoms with Crippen molar-refractivity contribution in [1.29, 1.82) is 0 Å². The highest BCUT2D eigenvalue weighted by Crippen LogP contribution is 2.35. The molecule has 0 unspecified atom stereocenters. The zero-order valence-corrected chi connectivity index (χ0v) is 17.2. The number of halogens is 2. The van der Waals surface area contributed by atoms with Gasteiger partial charge in [-0.3, -0.25) is 19.8 Å². The van der Waals surface area contributed by atoms with Crippen LogP contribution in [-0.4, -0.2) is 66.1 Å². The normalized spacial score (nSPS) is 14.8. The Morgan fingerprint density at radius 2 is 1.81 bits per heavy atom. The van der Waals surface area contributed by atoms with Crippen LogP contribution in [0.25, 0.3) is 0 Å². The molecule has 1 aliphatic rings. The number of hydrogen-bond acceptors (Lipinski definition) is 6. The second-order valence-corrected chi connectivity index (χ2v) is 7.26. The minimum Gasteiger partial charge on any atom is -0.450 e. The molecule has 0 radical (unpaired) electrons. The maximum absolute atomic E-state index is 12.3. The van der Waals surface area contributed by atoms with E-state index in [-0.39, 0.29) is 24.2 Å². The number of nitro benzene ring substituents is 1. The molecule has 2 rings (SSSR count). The van der Waals surface area contributed by atoms with E-state index in [1.165, 1.54) is 12.1 Å². The van der Waals surface area contributed by atoms with Gasteiger partial charge in [0.15, 0.2) is 0 Å². The van der Waals surface area contributed by atoms with Gasteiger partial charge in [0, 0.05) is 47.3 Å². The fourth-order valence-electron chi connectivity index (χ4n) is 2.47. The first-order chi connectivity index (χ1) is 12.3. The highest BCUT2D eigenvalue weighted by atomic mass is 79.9. The van der Waals surface area contributed by atoms with Gasteiger partial charge >= 0.3 is 6.09 Å². The SMILES string of the molecule is CCOC(=O)N1CCN(CC(=O)Nc2c(Br)cc([N+](=O)[O-])cc2Br)CC1. The molecule has 0 aromatic heterocycles. The number of benzene rings is 1. The first kappa shape index (κ1) is 20.6. The molecule has 1 aromatic rings. The molecule has 1 fully saturated rings. The van der Waals surface area contributed by atoms with E-state index in [9.17, 15) is 19.7 Å². The second kappa shape index (κ2) is 9.28. The zero-order chi connectivity index (χ0) is 19.3. The van der Waals surface area contributed by atoms with E-state index in [4.69, 9.17) is 4.74 Å². The molecule has 1 aliphatic heterocycles. The van der Waals surface area contributed by atoms with Gasteiger partial charge in [0.05, 0.1) is 23.8 Å². The Hall–Kier alpha value is -1.72. The summed E-state index contributed by atoms with van der Waals surface area (Å²) in [5.41, 5.74) is 0.350. The highest BCUT2D eigenvalue weighted by molar-refractivity contribution is 9.11. The molecule has 0 bridgehead atoms. The summed E-state index contributed by atoms with van der Waals surface area (Å²) >= 11 is 6.48. The van der Waals surface area contributed by atoms with E-state index in [1.807, 2.05) is 4.90 Å². The van der Waals surface area contributed by atoms with Crippen LogP contribution in [0.4, 0.5) is 16.2 Å². The topological polar surface area (TPSA) is 105 Å². The number of carbonyl (C=O) groups is 2. The number of non-ortho nitro benzene ring substituents is 1. The number of rotatable bonds is 5. The summed E-state index contributed by atoms with van der Waals surface area (Å²) in [6.07, 6.45) is -0.338. The van der Waals surface area contributed by atoms with Crippen molar-refractivity contribution < 1.29 is 19.2 Å². The van der Waals surface area contributed by atoms with E-state index >= 15 is 0 Å². The first-order valence-corrected chi connectivity index (χ1v) is 9.47. The summed E-state index contributed by atoms with van der Waals surface area (Å²) in [4.78, 5) is 37.8. The summed E-state index contributed by atoms with van der Waals surface area (Å²) in [5, 5.41) is 13.6. The number of carbonyl (C=O) groups excluding carboxylic acids is 2. The summed E-state index contributed by atoms with van der Waals surface area (Å²) in [6, 6.07) is 2.66. The standard InChI is InChI=1S/C15H18Br2N4O5/c1-2-26-15(23)20-5-3-19(4-6-20)9-13(22)18-14-11(16)7-10(21(24)25)8-12(14)17/h7-8H,2-6,9H2,1H3,(H,18,22). The number of ether oxygens (including phenoxy) is 1. The Bertz CT molecular complexity index is 684. The minimum atomic E-state index is -0.510. The van der Waals surface area contributed by atoms with Crippen molar-refractivity contribution in [3.8, 4) is 0 Å². The van der Waals surface area contributed by atoms with Gasteiger partial charge in [0.2, 0.25) is 5.91 Å². The van der Waals surface area contributed by atoms with E-state index in [1.54, 1.807) is 11.8 Å². The number of piperazine rings is 1. The maximum Gasteiger partial charge on any atom is 0.409 e. The third-order valence-corrected chi connectivity index (χ3v) is 5.02. The van der Waals surface area contributed by atoms with Crippen molar-refractivity contribution in [1.82, 2.24) is 9.80 Å². The van der Waals surface area contributed by atoms with Crippen LogP contribution in [0.15, 0.2) is 21.1 Å². The van der Waals surface area contributed by atoms with Crippen molar-refractivity contribution in [3.05, 3.63) is 31.2 Å². The smallest absolute Gasteiger partial charge is 0.409 e. The molecule has 142 valence electrons. The molecular formula is C15H18Br2N4O5. The Labute approximate surface area is 167 Å². The number of hydrogen-bond donors (Lipinski definition) is 1. The Morgan fingerprint density at radius 1 is 1.23 bits per heavy atom. The lowest BCUT2D eigenvalue weighted by molar-refractivity contribution is -0.385. The average molecular weight is 494 g/mol. The molecule has 1 aromatic carbocycles. The van der Waals surface area contributed by atoms with Gasteiger partial charge in [-0.05, 0) is 38.8 Å². The predicted octanol–water partition coefficient (Wildman–Crippen LogP) is 2.83. The van der Waals surface area contributed by atoms with Crippen molar-refractivity contribution in [2.75, 3.05) is 44.6 Å². The van der Waals surface area contributed by atoms with Gasteiger partial charge in [-0.15, -0.1) is 0 Å². The van der Waals surface area contributed by atoms with E-state index in [0.29, 0.717) is 47.4 Å². The minimum absolute atomic E-state index is 0.0863. The van der Waals surface area contributed by atoms with Gasteiger partial charge in [-0.25, -0.2) is 4.79 Å². The van der Waals surface area contributed by atoms with Crippen LogP contribution in [0.2, 0.25) is 0 Å². The van der Waals surface area contributed by atoms with Crippen LogP contribution < -0.4 is 5.32 Å². The molecular weight excluding hydrogens is 476 g/mol. The zero-order valence-electron chi connectivity index (χ0n) is 14.0. The van der Waals surface area contributed by atoms with E-state index < -0.39 is 4.92 Å². The number of anilines is 1. The quantitative estimate of drug-likeness (QED) is 0.499. The van der Waals surface area contributed by atoms with Crippen molar-refractivity contribution in [2.24, 2.45) is 0 Å². The summed E-state index contributed by atoms with van der Waals surface area (Å²) in [6.45, 7) is 4.37. The van der Waals surface area contributed by atoms with E-state index in [0.717, 1.165) is 0 Å². The van der Waals surface area contributed by atoms with Crippen LogP contribution >= 0.6 is 31.9 Å². The number of nitro groups is 1.